The minimum Gasteiger partial charge on any atom is -0.290 e. The van der Waals surface area contributed by atoms with E-state index < -0.39 is 0 Å². The van der Waals surface area contributed by atoms with Crippen LogP contribution in [0.2, 0.25) is 0 Å². The first-order chi connectivity index (χ1) is 6.27. The molecule has 4 heteroatoms. The van der Waals surface area contributed by atoms with Gasteiger partial charge < -0.3 is 0 Å². The molecule has 0 unspecified atom stereocenters. The molecule has 0 fully saturated rings. The summed E-state index contributed by atoms with van der Waals surface area (Å²) in [5, 5.41) is 0. The van der Waals surface area contributed by atoms with Gasteiger partial charge in [-0.2, -0.15) is 11.8 Å². The first-order valence-electron chi connectivity index (χ1n) is 3.86. The van der Waals surface area contributed by atoms with E-state index in [0.717, 1.165) is 5.75 Å². The molecule has 0 heterocycles. The quantitative estimate of drug-likeness (QED) is 0.433. The Morgan fingerprint density at radius 2 is 2.08 bits per heavy atom. The summed E-state index contributed by atoms with van der Waals surface area (Å²) in [6.07, 6.45) is 2.04. The molecule has 0 bridgehead atoms. The molecule has 0 radical (unpaired) electrons. The number of carbonyl (C=O) groups is 1. The maximum absolute atomic E-state index is 11.0. The molecular formula is C9H12N2OS. The third-order valence-electron chi connectivity index (χ3n) is 1.66. The fraction of sp³-hybridized carbons (Fsp3) is 0.222. The van der Waals surface area contributed by atoms with Gasteiger partial charge in [0.1, 0.15) is 0 Å². The molecule has 3 nitrogen and oxygen atoms in total. The van der Waals surface area contributed by atoms with Crippen LogP contribution in [0.4, 0.5) is 0 Å². The zero-order valence-corrected chi connectivity index (χ0v) is 8.23. The molecule has 0 spiro atoms. The summed E-state index contributed by atoms with van der Waals surface area (Å²) in [6.45, 7) is 0. The molecule has 1 amide bonds. The second kappa shape index (κ2) is 4.89. The van der Waals surface area contributed by atoms with Gasteiger partial charge in [-0.05, 0) is 24.0 Å². The molecule has 1 aromatic rings. The van der Waals surface area contributed by atoms with Gasteiger partial charge in [0.05, 0.1) is 0 Å². The van der Waals surface area contributed by atoms with Crippen LogP contribution in [0.1, 0.15) is 15.9 Å². The van der Waals surface area contributed by atoms with Crippen molar-refractivity contribution in [3.8, 4) is 0 Å². The van der Waals surface area contributed by atoms with Gasteiger partial charge >= 0.3 is 0 Å². The number of benzene rings is 1. The molecule has 0 atom stereocenters. The van der Waals surface area contributed by atoms with Crippen LogP contribution in [0.3, 0.4) is 0 Å². The Labute approximate surface area is 81.7 Å². The topological polar surface area (TPSA) is 55.1 Å². The minimum absolute atomic E-state index is 0.254. The Hall–Kier alpha value is -1.00. The predicted molar refractivity (Wildman–Crippen MR) is 55.3 cm³/mol. The first-order valence-corrected chi connectivity index (χ1v) is 5.26. The van der Waals surface area contributed by atoms with Gasteiger partial charge in [-0.15, -0.1) is 0 Å². The molecule has 0 saturated carbocycles. The average Bonchev–Trinajstić information content (AvgIpc) is 2.18. The highest BCUT2D eigenvalue weighted by atomic mass is 32.2. The number of nitrogens with one attached hydrogen (secondary N) is 1. The fourth-order valence-electron chi connectivity index (χ4n) is 1.00. The van der Waals surface area contributed by atoms with E-state index in [-0.39, 0.29) is 5.91 Å². The van der Waals surface area contributed by atoms with Gasteiger partial charge in [0, 0.05) is 11.3 Å². The Morgan fingerprint density at radius 3 is 2.54 bits per heavy atom. The molecule has 70 valence electrons. The van der Waals surface area contributed by atoms with Crippen molar-refractivity contribution in [2.24, 2.45) is 5.84 Å². The van der Waals surface area contributed by atoms with E-state index in [0.29, 0.717) is 5.56 Å². The molecule has 0 aliphatic carbocycles. The van der Waals surface area contributed by atoms with Crippen molar-refractivity contribution in [1.82, 2.24) is 5.43 Å². The van der Waals surface area contributed by atoms with Gasteiger partial charge in [0.25, 0.3) is 5.91 Å². The molecule has 0 aromatic heterocycles. The Balaban J connectivity index is 2.75. The summed E-state index contributed by atoms with van der Waals surface area (Å²) in [5.74, 6) is 5.71. The van der Waals surface area contributed by atoms with Crippen LogP contribution < -0.4 is 11.3 Å². The number of amides is 1. The van der Waals surface area contributed by atoms with Crippen LogP contribution in [0.25, 0.3) is 0 Å². The summed E-state index contributed by atoms with van der Waals surface area (Å²) in [5.41, 5.74) is 3.89. The number of thioether (sulfide) groups is 1. The lowest BCUT2D eigenvalue weighted by molar-refractivity contribution is 0.0953. The Bertz CT molecular complexity index is 284. The lowest BCUT2D eigenvalue weighted by Gasteiger charge is -2.01. The summed E-state index contributed by atoms with van der Waals surface area (Å²) in [6, 6.07) is 7.41. The highest BCUT2D eigenvalue weighted by molar-refractivity contribution is 7.97. The summed E-state index contributed by atoms with van der Waals surface area (Å²) in [7, 11) is 0. The molecule has 0 aliphatic rings. The van der Waals surface area contributed by atoms with Crippen molar-refractivity contribution in [3.05, 3.63) is 35.4 Å². The molecular weight excluding hydrogens is 184 g/mol. The molecule has 1 rings (SSSR count). The number of rotatable bonds is 3. The normalized spacial score (nSPS) is 9.69. The van der Waals surface area contributed by atoms with Crippen LogP contribution in [-0.4, -0.2) is 12.2 Å². The van der Waals surface area contributed by atoms with Crippen molar-refractivity contribution < 1.29 is 4.79 Å². The number of nitrogen functional groups attached to an aromatic ring is 1. The van der Waals surface area contributed by atoms with Crippen LogP contribution in [-0.2, 0) is 5.75 Å². The van der Waals surface area contributed by atoms with Crippen molar-refractivity contribution in [2.75, 3.05) is 6.26 Å². The van der Waals surface area contributed by atoms with Gasteiger partial charge in [-0.1, -0.05) is 12.1 Å². The molecule has 0 saturated heterocycles. The van der Waals surface area contributed by atoms with Crippen LogP contribution in [0, 0.1) is 0 Å². The van der Waals surface area contributed by atoms with Crippen molar-refractivity contribution in [3.63, 3.8) is 0 Å². The third-order valence-corrected chi connectivity index (χ3v) is 2.28. The van der Waals surface area contributed by atoms with E-state index in [1.807, 2.05) is 18.4 Å². The number of hydrogen-bond donors (Lipinski definition) is 2. The summed E-state index contributed by atoms with van der Waals surface area (Å²) >= 11 is 1.75. The second-order valence-electron chi connectivity index (χ2n) is 2.60. The van der Waals surface area contributed by atoms with E-state index >= 15 is 0 Å². The van der Waals surface area contributed by atoms with E-state index in [1.165, 1.54) is 5.56 Å². The van der Waals surface area contributed by atoms with E-state index in [2.05, 4.69) is 5.43 Å². The number of nitrogens with two attached hydrogens (primary N) is 1. The first kappa shape index (κ1) is 10.1. The minimum atomic E-state index is -0.254. The predicted octanol–water partition coefficient (Wildman–Crippen LogP) is 1.15. The van der Waals surface area contributed by atoms with Crippen LogP contribution >= 0.6 is 11.8 Å². The van der Waals surface area contributed by atoms with Gasteiger partial charge in [-0.3, -0.25) is 10.2 Å². The Kier molecular flexibility index (Phi) is 3.79. The van der Waals surface area contributed by atoms with E-state index in [9.17, 15) is 4.79 Å². The molecule has 3 N–H and O–H groups in total. The third kappa shape index (κ3) is 2.75. The van der Waals surface area contributed by atoms with Crippen molar-refractivity contribution in [2.45, 2.75) is 5.75 Å². The Morgan fingerprint density at radius 1 is 1.46 bits per heavy atom. The largest absolute Gasteiger partial charge is 0.290 e. The number of hydrazine groups is 1. The zero-order valence-electron chi connectivity index (χ0n) is 7.41. The number of hydrogen-bond acceptors (Lipinski definition) is 3. The van der Waals surface area contributed by atoms with Gasteiger partial charge in [0.15, 0.2) is 0 Å². The fourth-order valence-corrected chi connectivity index (χ4v) is 1.53. The zero-order chi connectivity index (χ0) is 9.68. The highest BCUT2D eigenvalue weighted by Crippen LogP contribution is 2.10. The second-order valence-corrected chi connectivity index (χ2v) is 3.47. The van der Waals surface area contributed by atoms with Crippen LogP contribution in [0.15, 0.2) is 24.3 Å². The SMILES string of the molecule is CSCc1ccc(C(=O)NN)cc1. The van der Waals surface area contributed by atoms with E-state index in [1.54, 1.807) is 23.9 Å². The number of carbonyl (C=O) groups excluding carboxylic acids is 1. The van der Waals surface area contributed by atoms with Crippen molar-refractivity contribution >= 4 is 17.7 Å². The molecule has 13 heavy (non-hydrogen) atoms. The molecule has 0 aliphatic heterocycles. The molecule has 1 aromatic carbocycles. The van der Waals surface area contributed by atoms with E-state index in [4.69, 9.17) is 5.84 Å². The summed E-state index contributed by atoms with van der Waals surface area (Å²) in [4.78, 5) is 11.0. The highest BCUT2D eigenvalue weighted by Gasteiger charge is 2.01. The smallest absolute Gasteiger partial charge is 0.265 e. The van der Waals surface area contributed by atoms with Crippen LogP contribution in [0.5, 0.6) is 0 Å². The maximum Gasteiger partial charge on any atom is 0.265 e. The maximum atomic E-state index is 11.0. The van der Waals surface area contributed by atoms with Gasteiger partial charge in [-0.25, -0.2) is 5.84 Å². The standard InChI is InChI=1S/C9H12N2OS/c1-13-6-7-2-4-8(5-3-7)9(12)11-10/h2-5H,6,10H2,1H3,(H,11,12). The summed E-state index contributed by atoms with van der Waals surface area (Å²) < 4.78 is 0. The lowest BCUT2D eigenvalue weighted by Crippen LogP contribution is -2.29. The lowest BCUT2D eigenvalue weighted by atomic mass is 10.1. The van der Waals surface area contributed by atoms with Gasteiger partial charge in [0.2, 0.25) is 0 Å². The monoisotopic (exact) mass is 196 g/mol. The average molecular weight is 196 g/mol. The van der Waals surface area contributed by atoms with Crippen molar-refractivity contribution in [1.29, 1.82) is 0 Å².